The third-order valence-corrected chi connectivity index (χ3v) is 5.29. The molecule has 2 heterocycles. The molecule has 1 aliphatic heterocycles. The maximum Gasteiger partial charge on any atom is 0.230 e. The van der Waals surface area contributed by atoms with Crippen molar-refractivity contribution >= 4 is 42.2 Å². The van der Waals surface area contributed by atoms with Crippen molar-refractivity contribution in [2.45, 2.75) is 57.4 Å². The van der Waals surface area contributed by atoms with E-state index in [2.05, 4.69) is 21.3 Å². The minimum absolute atomic E-state index is 0. The fourth-order valence-corrected chi connectivity index (χ4v) is 3.80. The molecule has 2 fully saturated rings. The Morgan fingerprint density at radius 3 is 2.52 bits per heavy atom. The third-order valence-electron chi connectivity index (χ3n) is 5.29. The van der Waals surface area contributed by atoms with Crippen LogP contribution in [0.3, 0.4) is 0 Å². The molecule has 1 saturated carbocycles. The number of anilines is 2. The van der Waals surface area contributed by atoms with Gasteiger partial charge in [-0.15, -0.1) is 24.8 Å². The predicted octanol–water partition coefficient (Wildman–Crippen LogP) is 3.76. The average Bonchev–Trinajstić information content (AvgIpc) is 2.56. The van der Waals surface area contributed by atoms with Crippen molar-refractivity contribution in [2.75, 3.05) is 23.3 Å². The molecule has 1 saturated heterocycles. The van der Waals surface area contributed by atoms with E-state index in [0.717, 1.165) is 44.5 Å². The molecule has 1 aliphatic carbocycles. The van der Waals surface area contributed by atoms with Crippen molar-refractivity contribution in [3.8, 4) is 0 Å². The second-order valence-corrected chi connectivity index (χ2v) is 7.24. The summed E-state index contributed by atoms with van der Waals surface area (Å²) in [6.07, 6.45) is 9.63. The van der Waals surface area contributed by atoms with E-state index in [-0.39, 0.29) is 36.6 Å². The van der Waals surface area contributed by atoms with Gasteiger partial charge in [-0.2, -0.15) is 0 Å². The smallest absolute Gasteiger partial charge is 0.230 e. The topological polar surface area (TPSA) is 71.2 Å². The third kappa shape index (κ3) is 5.47. The number of piperidine rings is 1. The summed E-state index contributed by atoms with van der Waals surface area (Å²) in [6.45, 7) is 4.19. The highest BCUT2D eigenvalue weighted by atomic mass is 35.5. The van der Waals surface area contributed by atoms with E-state index in [0.29, 0.717) is 5.82 Å². The number of pyridine rings is 1. The van der Waals surface area contributed by atoms with Gasteiger partial charge in [0.05, 0.1) is 17.8 Å². The summed E-state index contributed by atoms with van der Waals surface area (Å²) in [5, 5.41) is 2.95. The fraction of sp³-hybridized carbons (Fsp3) is 0.667. The zero-order valence-corrected chi connectivity index (χ0v) is 16.5. The van der Waals surface area contributed by atoms with E-state index >= 15 is 0 Å². The maximum atomic E-state index is 12.5. The molecular formula is C18H30Cl2N4O. The number of nitrogens with two attached hydrogens (primary N) is 1. The Morgan fingerprint density at radius 2 is 1.92 bits per heavy atom. The van der Waals surface area contributed by atoms with Gasteiger partial charge in [-0.1, -0.05) is 12.8 Å². The van der Waals surface area contributed by atoms with Crippen LogP contribution in [0.1, 0.15) is 51.9 Å². The summed E-state index contributed by atoms with van der Waals surface area (Å²) in [5.74, 6) is 0.505. The molecule has 3 rings (SSSR count). The van der Waals surface area contributed by atoms with Gasteiger partial charge in [0.15, 0.2) is 0 Å². The van der Waals surface area contributed by atoms with E-state index in [1.54, 1.807) is 0 Å². The Kier molecular flexibility index (Phi) is 8.45. The SMILES string of the molecule is CC1(N)CCCCC1C(=O)Nc1ccc(N2CCCCC2)cn1.Cl.Cl. The molecule has 2 unspecified atom stereocenters. The van der Waals surface area contributed by atoms with Gasteiger partial charge in [0, 0.05) is 18.6 Å². The minimum atomic E-state index is -0.407. The lowest BCUT2D eigenvalue weighted by molar-refractivity contribution is -0.122. The summed E-state index contributed by atoms with van der Waals surface area (Å²) >= 11 is 0. The molecule has 25 heavy (non-hydrogen) atoms. The first-order chi connectivity index (χ1) is 11.1. The van der Waals surface area contributed by atoms with Crippen LogP contribution in [0.25, 0.3) is 0 Å². The van der Waals surface area contributed by atoms with E-state index in [9.17, 15) is 4.79 Å². The lowest BCUT2D eigenvalue weighted by Gasteiger charge is -2.37. The molecule has 2 aliphatic rings. The Bertz CT molecular complexity index is 545. The number of halogens is 2. The van der Waals surface area contributed by atoms with Crippen LogP contribution in [-0.4, -0.2) is 29.5 Å². The molecule has 142 valence electrons. The zero-order valence-electron chi connectivity index (χ0n) is 14.9. The summed E-state index contributed by atoms with van der Waals surface area (Å²) in [6, 6.07) is 3.95. The summed E-state index contributed by atoms with van der Waals surface area (Å²) < 4.78 is 0. The highest BCUT2D eigenvalue weighted by molar-refractivity contribution is 5.92. The van der Waals surface area contributed by atoms with Gasteiger partial charge in [-0.3, -0.25) is 4.79 Å². The van der Waals surface area contributed by atoms with Gasteiger partial charge < -0.3 is 16.0 Å². The zero-order chi connectivity index (χ0) is 16.3. The van der Waals surface area contributed by atoms with E-state index < -0.39 is 5.54 Å². The molecule has 0 bridgehead atoms. The highest BCUT2D eigenvalue weighted by Crippen LogP contribution is 2.32. The number of rotatable bonds is 3. The van der Waals surface area contributed by atoms with Gasteiger partial charge in [-0.05, 0) is 51.2 Å². The molecule has 0 aromatic carbocycles. The molecule has 1 amide bonds. The van der Waals surface area contributed by atoms with Crippen LogP contribution >= 0.6 is 24.8 Å². The average molecular weight is 389 g/mol. The molecule has 2 atom stereocenters. The number of hydrogen-bond acceptors (Lipinski definition) is 4. The van der Waals surface area contributed by atoms with E-state index in [1.807, 2.05) is 19.2 Å². The number of carbonyl (C=O) groups excluding carboxylic acids is 1. The number of carbonyl (C=O) groups is 1. The van der Waals surface area contributed by atoms with Gasteiger partial charge in [0.1, 0.15) is 5.82 Å². The first-order valence-corrected chi connectivity index (χ1v) is 8.87. The Balaban J connectivity index is 0.00000156. The lowest BCUT2D eigenvalue weighted by atomic mass is 9.74. The molecule has 0 spiro atoms. The molecule has 3 N–H and O–H groups in total. The van der Waals surface area contributed by atoms with Crippen molar-refractivity contribution in [1.82, 2.24) is 4.98 Å². The molecule has 1 aromatic rings. The first kappa shape index (κ1) is 22.0. The van der Waals surface area contributed by atoms with Crippen LogP contribution in [0.4, 0.5) is 11.5 Å². The normalized spacial score (nSPS) is 26.2. The molecule has 5 nitrogen and oxygen atoms in total. The predicted molar refractivity (Wildman–Crippen MR) is 108 cm³/mol. The van der Waals surface area contributed by atoms with E-state index in [1.165, 1.54) is 19.3 Å². The summed E-state index contributed by atoms with van der Waals surface area (Å²) in [4.78, 5) is 19.3. The summed E-state index contributed by atoms with van der Waals surface area (Å²) in [5.41, 5.74) is 7.05. The van der Waals surface area contributed by atoms with Gasteiger partial charge in [-0.25, -0.2) is 4.98 Å². The van der Waals surface area contributed by atoms with Crippen LogP contribution in [-0.2, 0) is 4.79 Å². The quantitative estimate of drug-likeness (QED) is 0.826. The van der Waals surface area contributed by atoms with Crippen LogP contribution in [0.2, 0.25) is 0 Å². The number of nitrogens with zero attached hydrogens (tertiary/aromatic N) is 2. The molecule has 7 heteroatoms. The number of nitrogens with one attached hydrogen (secondary N) is 1. The Labute approximate surface area is 163 Å². The second kappa shape index (κ2) is 9.60. The molecule has 0 radical (unpaired) electrons. The fourth-order valence-electron chi connectivity index (χ4n) is 3.80. The van der Waals surface area contributed by atoms with Crippen molar-refractivity contribution in [3.05, 3.63) is 18.3 Å². The number of aromatic nitrogens is 1. The van der Waals surface area contributed by atoms with Crippen LogP contribution in [0, 0.1) is 5.92 Å². The number of hydrogen-bond donors (Lipinski definition) is 2. The first-order valence-electron chi connectivity index (χ1n) is 8.87. The Morgan fingerprint density at radius 1 is 1.20 bits per heavy atom. The standard InChI is InChI=1S/C18H28N4O.2ClH/c1-18(19)10-4-3-7-15(18)17(23)21-16-9-8-14(13-20-16)22-11-5-2-6-12-22;;/h8-9,13,15H,2-7,10-12,19H2,1H3,(H,20,21,23);2*1H. The number of amides is 1. The lowest BCUT2D eigenvalue weighted by Crippen LogP contribution is -2.51. The van der Waals surface area contributed by atoms with Crippen LogP contribution < -0.4 is 16.0 Å². The Hall–Kier alpha value is -1.04. The van der Waals surface area contributed by atoms with Gasteiger partial charge in [0.2, 0.25) is 5.91 Å². The van der Waals surface area contributed by atoms with Gasteiger partial charge in [0.25, 0.3) is 0 Å². The maximum absolute atomic E-state index is 12.5. The summed E-state index contributed by atoms with van der Waals surface area (Å²) in [7, 11) is 0. The molecule has 1 aromatic heterocycles. The molecular weight excluding hydrogens is 359 g/mol. The van der Waals surface area contributed by atoms with Crippen molar-refractivity contribution < 1.29 is 4.79 Å². The van der Waals surface area contributed by atoms with E-state index in [4.69, 9.17) is 5.73 Å². The van der Waals surface area contributed by atoms with Crippen molar-refractivity contribution in [3.63, 3.8) is 0 Å². The minimum Gasteiger partial charge on any atom is -0.370 e. The highest BCUT2D eigenvalue weighted by Gasteiger charge is 2.37. The largest absolute Gasteiger partial charge is 0.370 e. The van der Waals surface area contributed by atoms with Crippen molar-refractivity contribution in [1.29, 1.82) is 0 Å². The van der Waals surface area contributed by atoms with Crippen LogP contribution in [0.5, 0.6) is 0 Å². The monoisotopic (exact) mass is 388 g/mol. The van der Waals surface area contributed by atoms with Gasteiger partial charge >= 0.3 is 0 Å². The van der Waals surface area contributed by atoms with Crippen LogP contribution in [0.15, 0.2) is 18.3 Å². The second-order valence-electron chi connectivity index (χ2n) is 7.24. The van der Waals surface area contributed by atoms with Crippen molar-refractivity contribution in [2.24, 2.45) is 11.7 Å².